The lowest BCUT2D eigenvalue weighted by Gasteiger charge is -2.20. The molecule has 2 nitrogen and oxygen atoms in total. The Bertz CT molecular complexity index is 492. The summed E-state index contributed by atoms with van der Waals surface area (Å²) in [6.45, 7) is 5.16. The number of hydrogen-bond acceptors (Lipinski definition) is 3. The van der Waals surface area contributed by atoms with E-state index >= 15 is 0 Å². The van der Waals surface area contributed by atoms with Crippen molar-refractivity contribution in [3.8, 4) is 0 Å². The number of likely N-dealkylation sites (N-methyl/N-ethyl adjacent to an activating group) is 1. The summed E-state index contributed by atoms with van der Waals surface area (Å²) in [6, 6.07) is 8.66. The van der Waals surface area contributed by atoms with Gasteiger partial charge in [0.05, 0.1) is 0 Å². The number of thiophene rings is 1. The van der Waals surface area contributed by atoms with Crippen LogP contribution in [0.25, 0.3) is 10.1 Å². The van der Waals surface area contributed by atoms with Crippen molar-refractivity contribution in [1.82, 2.24) is 4.90 Å². The molecule has 0 bridgehead atoms. The number of nitrogens with two attached hydrogens (primary N) is 1. The average molecular weight is 262 g/mol. The summed E-state index contributed by atoms with van der Waals surface area (Å²) in [6.07, 6.45) is 1.12. The highest BCUT2D eigenvalue weighted by Crippen LogP contribution is 2.25. The molecule has 0 aliphatic rings. The Morgan fingerprint density at radius 2 is 2.11 bits per heavy atom. The standard InChI is InChI=1S/C15H22N2S/c1-12(9-16)10-17(2)8-7-13-11-18-15-6-4-3-5-14(13)15/h3-6,11-12H,7-10,16H2,1-2H3. The van der Waals surface area contributed by atoms with Gasteiger partial charge in [-0.05, 0) is 48.3 Å². The van der Waals surface area contributed by atoms with E-state index < -0.39 is 0 Å². The van der Waals surface area contributed by atoms with E-state index in [1.165, 1.54) is 15.6 Å². The van der Waals surface area contributed by atoms with Crippen molar-refractivity contribution in [1.29, 1.82) is 0 Å². The summed E-state index contributed by atoms with van der Waals surface area (Å²) in [5, 5.41) is 3.72. The number of nitrogens with zero attached hydrogens (tertiary/aromatic N) is 1. The Kier molecular flexibility index (Phi) is 4.75. The minimum absolute atomic E-state index is 0.578. The van der Waals surface area contributed by atoms with E-state index in [1.807, 2.05) is 11.3 Å². The van der Waals surface area contributed by atoms with Crippen molar-refractivity contribution in [2.75, 3.05) is 26.7 Å². The molecular weight excluding hydrogens is 240 g/mol. The zero-order valence-corrected chi connectivity index (χ0v) is 12.0. The SMILES string of the molecule is CC(CN)CN(C)CCc1csc2ccccc12. The van der Waals surface area contributed by atoms with Crippen LogP contribution in [0.3, 0.4) is 0 Å². The molecule has 0 spiro atoms. The van der Waals surface area contributed by atoms with Crippen LogP contribution in [0.4, 0.5) is 0 Å². The van der Waals surface area contributed by atoms with E-state index in [9.17, 15) is 0 Å². The third-order valence-corrected chi connectivity index (χ3v) is 4.36. The lowest BCUT2D eigenvalue weighted by molar-refractivity contribution is 0.292. The lowest BCUT2D eigenvalue weighted by Crippen LogP contribution is -2.29. The molecule has 3 heteroatoms. The maximum atomic E-state index is 5.66. The fourth-order valence-corrected chi connectivity index (χ4v) is 3.23. The van der Waals surface area contributed by atoms with Crippen LogP contribution in [0.1, 0.15) is 12.5 Å². The quantitative estimate of drug-likeness (QED) is 0.867. The van der Waals surface area contributed by atoms with Gasteiger partial charge in [0.2, 0.25) is 0 Å². The average Bonchev–Trinajstić information content (AvgIpc) is 2.79. The van der Waals surface area contributed by atoms with Gasteiger partial charge in [-0.15, -0.1) is 11.3 Å². The number of rotatable bonds is 6. The summed E-state index contributed by atoms with van der Waals surface area (Å²) in [5.74, 6) is 0.578. The minimum Gasteiger partial charge on any atom is -0.330 e. The van der Waals surface area contributed by atoms with Crippen LogP contribution in [-0.4, -0.2) is 31.6 Å². The molecule has 98 valence electrons. The first kappa shape index (κ1) is 13.5. The largest absolute Gasteiger partial charge is 0.330 e. The smallest absolute Gasteiger partial charge is 0.0345 e. The van der Waals surface area contributed by atoms with Gasteiger partial charge in [-0.25, -0.2) is 0 Å². The Morgan fingerprint density at radius 3 is 2.89 bits per heavy atom. The number of fused-ring (bicyclic) bond motifs is 1. The van der Waals surface area contributed by atoms with Crippen LogP contribution in [0, 0.1) is 5.92 Å². The molecule has 0 fully saturated rings. The van der Waals surface area contributed by atoms with Gasteiger partial charge in [0.15, 0.2) is 0 Å². The Labute approximate surface area is 113 Å². The first-order chi connectivity index (χ1) is 8.70. The first-order valence-electron chi connectivity index (χ1n) is 6.54. The van der Waals surface area contributed by atoms with E-state index in [4.69, 9.17) is 5.73 Å². The van der Waals surface area contributed by atoms with Crippen LogP contribution in [-0.2, 0) is 6.42 Å². The maximum absolute atomic E-state index is 5.66. The van der Waals surface area contributed by atoms with Crippen LogP contribution >= 0.6 is 11.3 Å². The summed E-state index contributed by atoms with van der Waals surface area (Å²) in [7, 11) is 2.18. The summed E-state index contributed by atoms with van der Waals surface area (Å²) >= 11 is 1.85. The highest BCUT2D eigenvalue weighted by Gasteiger charge is 2.07. The van der Waals surface area contributed by atoms with Crippen molar-refractivity contribution >= 4 is 21.4 Å². The third kappa shape index (κ3) is 3.31. The molecule has 18 heavy (non-hydrogen) atoms. The number of hydrogen-bond donors (Lipinski definition) is 1. The van der Waals surface area contributed by atoms with Crippen molar-refractivity contribution < 1.29 is 0 Å². The van der Waals surface area contributed by atoms with Gasteiger partial charge in [0.25, 0.3) is 0 Å². The highest BCUT2D eigenvalue weighted by molar-refractivity contribution is 7.17. The Morgan fingerprint density at radius 1 is 1.33 bits per heavy atom. The van der Waals surface area contributed by atoms with E-state index in [0.29, 0.717) is 5.92 Å². The Balaban J connectivity index is 1.94. The van der Waals surface area contributed by atoms with Crippen LogP contribution in [0.5, 0.6) is 0 Å². The Hall–Kier alpha value is -0.900. The molecule has 1 unspecified atom stereocenters. The second-order valence-electron chi connectivity index (χ2n) is 5.11. The number of benzene rings is 1. The van der Waals surface area contributed by atoms with Gasteiger partial charge >= 0.3 is 0 Å². The molecular formula is C15H22N2S. The molecule has 0 saturated heterocycles. The monoisotopic (exact) mass is 262 g/mol. The van der Waals surface area contributed by atoms with E-state index in [0.717, 1.165) is 26.1 Å². The van der Waals surface area contributed by atoms with E-state index in [2.05, 4.69) is 48.5 Å². The zero-order chi connectivity index (χ0) is 13.0. The maximum Gasteiger partial charge on any atom is 0.0345 e. The van der Waals surface area contributed by atoms with Gasteiger partial charge in [-0.1, -0.05) is 25.1 Å². The topological polar surface area (TPSA) is 29.3 Å². The van der Waals surface area contributed by atoms with Gasteiger partial charge in [0.1, 0.15) is 0 Å². The van der Waals surface area contributed by atoms with Gasteiger partial charge < -0.3 is 10.6 Å². The minimum atomic E-state index is 0.578. The molecule has 1 aromatic carbocycles. The van der Waals surface area contributed by atoms with Crippen molar-refractivity contribution in [2.24, 2.45) is 11.7 Å². The fourth-order valence-electron chi connectivity index (χ4n) is 2.24. The molecule has 0 aliphatic heterocycles. The zero-order valence-electron chi connectivity index (χ0n) is 11.2. The second-order valence-corrected chi connectivity index (χ2v) is 6.02. The predicted octanol–water partition coefficient (Wildman–Crippen LogP) is 2.97. The third-order valence-electron chi connectivity index (χ3n) is 3.35. The van der Waals surface area contributed by atoms with Crippen molar-refractivity contribution in [2.45, 2.75) is 13.3 Å². The van der Waals surface area contributed by atoms with Crippen molar-refractivity contribution in [3.63, 3.8) is 0 Å². The lowest BCUT2D eigenvalue weighted by atomic mass is 10.1. The van der Waals surface area contributed by atoms with E-state index in [-0.39, 0.29) is 0 Å². The van der Waals surface area contributed by atoms with Crippen LogP contribution < -0.4 is 5.73 Å². The predicted molar refractivity (Wildman–Crippen MR) is 81.2 cm³/mol. The molecule has 1 heterocycles. The van der Waals surface area contributed by atoms with Gasteiger partial charge in [0, 0.05) is 17.8 Å². The molecule has 0 amide bonds. The normalized spacial score (nSPS) is 13.3. The highest BCUT2D eigenvalue weighted by atomic mass is 32.1. The summed E-state index contributed by atoms with van der Waals surface area (Å²) in [4.78, 5) is 2.38. The van der Waals surface area contributed by atoms with E-state index in [1.54, 1.807) is 0 Å². The molecule has 2 aromatic rings. The summed E-state index contributed by atoms with van der Waals surface area (Å²) < 4.78 is 1.39. The summed E-state index contributed by atoms with van der Waals surface area (Å²) in [5.41, 5.74) is 7.14. The molecule has 0 radical (unpaired) electrons. The van der Waals surface area contributed by atoms with Crippen LogP contribution in [0.15, 0.2) is 29.6 Å². The first-order valence-corrected chi connectivity index (χ1v) is 7.42. The van der Waals surface area contributed by atoms with Gasteiger partial charge in [-0.2, -0.15) is 0 Å². The molecule has 2 rings (SSSR count). The molecule has 0 aliphatic carbocycles. The molecule has 2 N–H and O–H groups in total. The van der Waals surface area contributed by atoms with Crippen LogP contribution in [0.2, 0.25) is 0 Å². The molecule has 1 atom stereocenters. The molecule has 1 aromatic heterocycles. The van der Waals surface area contributed by atoms with Gasteiger partial charge in [-0.3, -0.25) is 0 Å². The molecule has 0 saturated carbocycles. The second kappa shape index (κ2) is 6.32. The fraction of sp³-hybridized carbons (Fsp3) is 0.467. The van der Waals surface area contributed by atoms with Crippen molar-refractivity contribution in [3.05, 3.63) is 35.2 Å².